The summed E-state index contributed by atoms with van der Waals surface area (Å²) in [6.07, 6.45) is 15.9. The zero-order valence-corrected chi connectivity index (χ0v) is 21.3. The molecule has 0 fully saturated rings. The summed E-state index contributed by atoms with van der Waals surface area (Å²) in [6, 6.07) is 8.41. The fourth-order valence-electron chi connectivity index (χ4n) is 4.09. The molecule has 0 bridgehead atoms. The van der Waals surface area contributed by atoms with Crippen LogP contribution >= 0.6 is 0 Å². The van der Waals surface area contributed by atoms with Crippen molar-refractivity contribution in [3.8, 4) is 17.1 Å². The van der Waals surface area contributed by atoms with Gasteiger partial charge in [0.1, 0.15) is 19.0 Å². The molecule has 1 aromatic heterocycles. The molecule has 1 aromatic carbocycles. The third kappa shape index (κ3) is 11.9. The minimum Gasteiger partial charge on any atom is -0.487 e. The molecular weight excluding hydrogens is 430 g/mol. The standard InChI is InChI=1S/C29H44F2N2O/c1-3-5-6-7-8-9-10-11-12-14-24-15-17-25(18-16-24)29-32-21-28(22-33-29)34-23-27(31)20-19-26(30)13-4-2/h15-18,21-22,26-27H,3-14,19-20,23H2,1-2H3. The second kappa shape index (κ2) is 17.4. The highest BCUT2D eigenvalue weighted by Gasteiger charge is 2.13. The van der Waals surface area contributed by atoms with Gasteiger partial charge in [0.15, 0.2) is 11.6 Å². The van der Waals surface area contributed by atoms with Gasteiger partial charge in [-0.15, -0.1) is 0 Å². The van der Waals surface area contributed by atoms with Crippen molar-refractivity contribution in [2.75, 3.05) is 6.61 Å². The van der Waals surface area contributed by atoms with Crippen LogP contribution in [0, 0.1) is 0 Å². The van der Waals surface area contributed by atoms with Crippen LogP contribution < -0.4 is 4.74 Å². The van der Waals surface area contributed by atoms with E-state index in [1.165, 1.54) is 63.4 Å². The Hall–Kier alpha value is -2.04. The number of benzene rings is 1. The first-order chi connectivity index (χ1) is 16.6. The predicted octanol–water partition coefficient (Wildman–Crippen LogP) is 8.85. The number of unbranched alkanes of at least 4 members (excludes halogenated alkanes) is 8. The Labute approximate surface area is 205 Å². The second-order valence-electron chi connectivity index (χ2n) is 9.39. The minimum atomic E-state index is -1.19. The lowest BCUT2D eigenvalue weighted by molar-refractivity contribution is 0.168. The Balaban J connectivity index is 1.65. The summed E-state index contributed by atoms with van der Waals surface area (Å²) in [5, 5.41) is 0. The monoisotopic (exact) mass is 474 g/mol. The Morgan fingerprint density at radius 3 is 1.91 bits per heavy atom. The smallest absolute Gasteiger partial charge is 0.159 e. The van der Waals surface area contributed by atoms with Gasteiger partial charge in [0.25, 0.3) is 0 Å². The summed E-state index contributed by atoms with van der Waals surface area (Å²) in [5.74, 6) is 1.05. The van der Waals surface area contributed by atoms with Gasteiger partial charge in [-0.25, -0.2) is 18.7 Å². The summed E-state index contributed by atoms with van der Waals surface area (Å²) in [7, 11) is 0. The van der Waals surface area contributed by atoms with E-state index in [1.54, 1.807) is 12.4 Å². The molecule has 0 spiro atoms. The molecular formula is C29H44F2N2O. The van der Waals surface area contributed by atoms with E-state index in [0.29, 0.717) is 18.0 Å². The Kier molecular flexibility index (Phi) is 14.4. The molecule has 0 radical (unpaired) electrons. The molecule has 190 valence electrons. The molecule has 5 heteroatoms. The predicted molar refractivity (Wildman–Crippen MR) is 138 cm³/mol. The maximum Gasteiger partial charge on any atom is 0.159 e. The molecule has 0 amide bonds. The minimum absolute atomic E-state index is 0.102. The number of hydrogen-bond donors (Lipinski definition) is 0. The Morgan fingerprint density at radius 1 is 0.706 bits per heavy atom. The first kappa shape index (κ1) is 28.2. The van der Waals surface area contributed by atoms with Crippen molar-refractivity contribution in [2.45, 2.75) is 116 Å². The van der Waals surface area contributed by atoms with E-state index in [2.05, 4.69) is 41.2 Å². The number of aryl methyl sites for hydroxylation is 1. The summed E-state index contributed by atoms with van der Waals surface area (Å²) in [6.45, 7) is 4.09. The van der Waals surface area contributed by atoms with Crippen molar-refractivity contribution < 1.29 is 13.5 Å². The van der Waals surface area contributed by atoms with Gasteiger partial charge in [0, 0.05) is 5.56 Å². The first-order valence-corrected chi connectivity index (χ1v) is 13.4. The van der Waals surface area contributed by atoms with E-state index >= 15 is 0 Å². The molecule has 2 unspecified atom stereocenters. The van der Waals surface area contributed by atoms with Gasteiger partial charge in [0.05, 0.1) is 12.4 Å². The van der Waals surface area contributed by atoms with Crippen LogP contribution in [-0.2, 0) is 6.42 Å². The van der Waals surface area contributed by atoms with Crippen LogP contribution in [0.15, 0.2) is 36.7 Å². The fraction of sp³-hybridized carbons (Fsp3) is 0.655. The third-order valence-corrected chi connectivity index (χ3v) is 6.24. The number of ether oxygens (including phenoxy) is 1. The lowest BCUT2D eigenvalue weighted by Crippen LogP contribution is -2.15. The van der Waals surface area contributed by atoms with Gasteiger partial charge in [-0.05, 0) is 37.7 Å². The zero-order valence-electron chi connectivity index (χ0n) is 21.3. The van der Waals surface area contributed by atoms with Crippen molar-refractivity contribution >= 4 is 0 Å². The number of aromatic nitrogens is 2. The number of hydrogen-bond acceptors (Lipinski definition) is 3. The van der Waals surface area contributed by atoms with E-state index in [0.717, 1.165) is 18.4 Å². The average Bonchev–Trinajstić information content (AvgIpc) is 2.86. The Morgan fingerprint density at radius 2 is 1.29 bits per heavy atom. The lowest BCUT2D eigenvalue weighted by Gasteiger charge is -2.12. The molecule has 2 atom stereocenters. The SMILES string of the molecule is CCCCCCCCCCCc1ccc(-c2ncc(OCC(F)CCC(F)CCC)cn2)cc1. The van der Waals surface area contributed by atoms with Crippen LogP contribution in [0.25, 0.3) is 11.4 Å². The fourth-order valence-corrected chi connectivity index (χ4v) is 4.09. The molecule has 0 aliphatic heterocycles. The quantitative estimate of drug-likeness (QED) is 0.191. The highest BCUT2D eigenvalue weighted by molar-refractivity contribution is 5.55. The van der Waals surface area contributed by atoms with Gasteiger partial charge < -0.3 is 4.74 Å². The van der Waals surface area contributed by atoms with Crippen LogP contribution in [-0.4, -0.2) is 28.9 Å². The van der Waals surface area contributed by atoms with Crippen molar-refractivity contribution in [3.05, 3.63) is 42.2 Å². The molecule has 0 aliphatic carbocycles. The third-order valence-electron chi connectivity index (χ3n) is 6.24. The van der Waals surface area contributed by atoms with E-state index < -0.39 is 12.3 Å². The van der Waals surface area contributed by atoms with E-state index in [4.69, 9.17) is 4.74 Å². The molecule has 0 aliphatic rings. The van der Waals surface area contributed by atoms with E-state index in [1.807, 2.05) is 6.92 Å². The lowest BCUT2D eigenvalue weighted by atomic mass is 10.0. The van der Waals surface area contributed by atoms with Gasteiger partial charge >= 0.3 is 0 Å². The summed E-state index contributed by atoms with van der Waals surface area (Å²) in [5.41, 5.74) is 2.30. The number of nitrogens with zero attached hydrogens (tertiary/aromatic N) is 2. The maximum atomic E-state index is 13.9. The molecule has 3 nitrogen and oxygen atoms in total. The molecule has 0 saturated carbocycles. The topological polar surface area (TPSA) is 35.0 Å². The highest BCUT2D eigenvalue weighted by atomic mass is 19.1. The van der Waals surface area contributed by atoms with Crippen LogP contribution in [0.4, 0.5) is 8.78 Å². The van der Waals surface area contributed by atoms with Crippen LogP contribution in [0.3, 0.4) is 0 Å². The summed E-state index contributed by atoms with van der Waals surface area (Å²) >= 11 is 0. The molecule has 0 saturated heterocycles. The highest BCUT2D eigenvalue weighted by Crippen LogP contribution is 2.20. The van der Waals surface area contributed by atoms with Crippen molar-refractivity contribution in [3.63, 3.8) is 0 Å². The average molecular weight is 475 g/mol. The van der Waals surface area contributed by atoms with Gasteiger partial charge in [-0.1, -0.05) is 95.9 Å². The Bertz CT molecular complexity index is 752. The molecule has 0 N–H and O–H groups in total. The van der Waals surface area contributed by atoms with Gasteiger partial charge in [0.2, 0.25) is 0 Å². The van der Waals surface area contributed by atoms with Gasteiger partial charge in [-0.3, -0.25) is 0 Å². The van der Waals surface area contributed by atoms with Crippen LogP contribution in [0.1, 0.15) is 103 Å². The number of halogens is 2. The first-order valence-electron chi connectivity index (χ1n) is 13.4. The summed E-state index contributed by atoms with van der Waals surface area (Å²) in [4.78, 5) is 8.72. The van der Waals surface area contributed by atoms with E-state index in [-0.39, 0.29) is 19.4 Å². The van der Waals surface area contributed by atoms with Gasteiger partial charge in [-0.2, -0.15) is 0 Å². The van der Waals surface area contributed by atoms with Crippen molar-refractivity contribution in [2.24, 2.45) is 0 Å². The molecule has 2 rings (SSSR count). The number of rotatable bonds is 19. The molecule has 34 heavy (non-hydrogen) atoms. The van der Waals surface area contributed by atoms with Crippen LogP contribution in [0.2, 0.25) is 0 Å². The van der Waals surface area contributed by atoms with Crippen molar-refractivity contribution in [1.82, 2.24) is 9.97 Å². The molecule has 2 aromatic rings. The summed E-state index contributed by atoms with van der Waals surface area (Å²) < 4.78 is 32.9. The zero-order chi connectivity index (χ0) is 24.4. The number of alkyl halides is 2. The van der Waals surface area contributed by atoms with Crippen LogP contribution in [0.5, 0.6) is 5.75 Å². The maximum absolute atomic E-state index is 13.9. The van der Waals surface area contributed by atoms with E-state index in [9.17, 15) is 8.78 Å². The van der Waals surface area contributed by atoms with Crippen molar-refractivity contribution in [1.29, 1.82) is 0 Å². The normalized spacial score (nSPS) is 13.1. The largest absolute Gasteiger partial charge is 0.487 e. The molecule has 1 heterocycles. The second-order valence-corrected chi connectivity index (χ2v) is 9.39.